The lowest BCUT2D eigenvalue weighted by atomic mass is 10.2. The molecule has 0 bridgehead atoms. The summed E-state index contributed by atoms with van der Waals surface area (Å²) in [6.07, 6.45) is 1.63. The van der Waals surface area contributed by atoms with Crippen molar-refractivity contribution in [2.75, 3.05) is 6.61 Å². The Labute approximate surface area is 164 Å². The van der Waals surface area contributed by atoms with Crippen molar-refractivity contribution in [2.45, 2.75) is 0 Å². The van der Waals surface area contributed by atoms with Crippen molar-refractivity contribution in [3.63, 3.8) is 0 Å². The Balaban J connectivity index is 1.90. The van der Waals surface area contributed by atoms with Gasteiger partial charge in [0, 0.05) is 10.6 Å². The van der Waals surface area contributed by atoms with E-state index in [0.29, 0.717) is 32.0 Å². The van der Waals surface area contributed by atoms with Crippen molar-refractivity contribution in [1.82, 2.24) is 14.9 Å². The van der Waals surface area contributed by atoms with Crippen molar-refractivity contribution in [1.29, 1.82) is 5.26 Å². The number of hydrogen-bond donors (Lipinski definition) is 1. The number of rotatable bonds is 5. The van der Waals surface area contributed by atoms with Crippen LogP contribution in [-0.2, 0) is 0 Å². The number of aromatic amines is 1. The van der Waals surface area contributed by atoms with Gasteiger partial charge < -0.3 is 4.74 Å². The van der Waals surface area contributed by atoms with Crippen LogP contribution in [0.5, 0.6) is 5.75 Å². The van der Waals surface area contributed by atoms with Crippen molar-refractivity contribution in [3.05, 3.63) is 62.8 Å². The summed E-state index contributed by atoms with van der Waals surface area (Å²) < 4.78 is 7.00. The lowest BCUT2D eigenvalue weighted by Gasteiger charge is -2.04. The zero-order valence-electron chi connectivity index (χ0n) is 13.2. The predicted molar refractivity (Wildman–Crippen MR) is 103 cm³/mol. The van der Waals surface area contributed by atoms with Crippen molar-refractivity contribution >= 4 is 41.6 Å². The molecule has 26 heavy (non-hydrogen) atoms. The first-order chi connectivity index (χ1) is 12.6. The van der Waals surface area contributed by atoms with Crippen LogP contribution in [-0.4, -0.2) is 27.7 Å². The van der Waals surface area contributed by atoms with Gasteiger partial charge in [-0.3, -0.25) is 0 Å². The number of hydrogen-bond acceptors (Lipinski definition) is 5. The Morgan fingerprint density at radius 1 is 1.27 bits per heavy atom. The number of nitriles is 1. The Kier molecular flexibility index (Phi) is 5.68. The molecule has 0 saturated heterocycles. The second-order valence-corrected chi connectivity index (χ2v) is 6.28. The lowest BCUT2D eigenvalue weighted by molar-refractivity contribution is 0.368. The smallest absolute Gasteiger partial charge is 0.216 e. The lowest BCUT2D eigenvalue weighted by Crippen LogP contribution is -1.96. The van der Waals surface area contributed by atoms with E-state index in [1.807, 2.05) is 18.2 Å². The van der Waals surface area contributed by atoms with Crippen LogP contribution in [0.15, 0.2) is 47.6 Å². The number of halogens is 2. The van der Waals surface area contributed by atoms with E-state index in [1.165, 1.54) is 4.68 Å². The van der Waals surface area contributed by atoms with Crippen LogP contribution < -0.4 is 4.74 Å². The number of benzene rings is 2. The Hall–Kier alpha value is -2.66. The summed E-state index contributed by atoms with van der Waals surface area (Å²) in [6, 6.07) is 14.1. The molecule has 6 nitrogen and oxygen atoms in total. The fourth-order valence-corrected chi connectivity index (χ4v) is 2.69. The number of nitrogens with one attached hydrogen (secondary N) is 1. The maximum atomic E-state index is 8.52. The minimum absolute atomic E-state index is 0.00136. The van der Waals surface area contributed by atoms with Gasteiger partial charge in [0.25, 0.3) is 0 Å². The van der Waals surface area contributed by atoms with E-state index in [0.717, 1.165) is 5.56 Å². The van der Waals surface area contributed by atoms with Gasteiger partial charge in [-0.25, -0.2) is 5.10 Å². The van der Waals surface area contributed by atoms with Gasteiger partial charge in [0.05, 0.1) is 11.2 Å². The minimum atomic E-state index is 0.00136. The third-order valence-electron chi connectivity index (χ3n) is 3.33. The molecule has 0 saturated carbocycles. The third-order valence-corrected chi connectivity index (χ3v) is 4.15. The van der Waals surface area contributed by atoms with Crippen LogP contribution in [0.3, 0.4) is 0 Å². The monoisotopic (exact) mass is 403 g/mol. The SMILES string of the molecule is N#CCOc1ccc(/C=N\n2c(-c3cc(Cl)ccc3Cl)n[nH]c2=S)cc1. The molecule has 1 heterocycles. The number of ether oxygens (including phenoxy) is 1. The molecule has 0 radical (unpaired) electrons. The van der Waals surface area contributed by atoms with Gasteiger partial charge in [0.2, 0.25) is 4.77 Å². The second-order valence-electron chi connectivity index (χ2n) is 5.05. The quantitative estimate of drug-likeness (QED) is 0.494. The number of H-pyrrole nitrogens is 1. The highest BCUT2D eigenvalue weighted by Gasteiger charge is 2.12. The van der Waals surface area contributed by atoms with E-state index in [1.54, 1.807) is 36.5 Å². The largest absolute Gasteiger partial charge is 0.479 e. The van der Waals surface area contributed by atoms with Crippen molar-refractivity contribution in [2.24, 2.45) is 5.10 Å². The maximum absolute atomic E-state index is 8.52. The van der Waals surface area contributed by atoms with Gasteiger partial charge in [-0.1, -0.05) is 23.2 Å². The maximum Gasteiger partial charge on any atom is 0.216 e. The average molecular weight is 404 g/mol. The average Bonchev–Trinajstić information content (AvgIpc) is 3.01. The molecule has 9 heteroatoms. The molecule has 0 aliphatic heterocycles. The van der Waals surface area contributed by atoms with Crippen LogP contribution in [0.1, 0.15) is 5.56 Å². The van der Waals surface area contributed by atoms with E-state index >= 15 is 0 Å². The molecular formula is C17H11Cl2N5OS. The Bertz CT molecular complexity index is 1050. The second kappa shape index (κ2) is 8.15. The fraction of sp³-hybridized carbons (Fsp3) is 0.0588. The fourth-order valence-electron chi connectivity index (χ4n) is 2.13. The molecular weight excluding hydrogens is 393 g/mol. The van der Waals surface area contributed by atoms with E-state index in [9.17, 15) is 0 Å². The Morgan fingerprint density at radius 2 is 2.04 bits per heavy atom. The summed E-state index contributed by atoms with van der Waals surface area (Å²) in [5.41, 5.74) is 1.43. The third kappa shape index (κ3) is 4.11. The van der Waals surface area contributed by atoms with Crippen LogP contribution in [0.4, 0.5) is 0 Å². The summed E-state index contributed by atoms with van der Waals surface area (Å²) in [4.78, 5) is 0. The molecule has 3 aromatic rings. The highest BCUT2D eigenvalue weighted by atomic mass is 35.5. The van der Waals surface area contributed by atoms with E-state index < -0.39 is 0 Å². The van der Waals surface area contributed by atoms with Crippen LogP contribution in [0, 0.1) is 16.1 Å². The molecule has 0 aliphatic rings. The van der Waals surface area contributed by atoms with Crippen LogP contribution in [0.25, 0.3) is 11.4 Å². The van der Waals surface area contributed by atoms with Gasteiger partial charge >= 0.3 is 0 Å². The van der Waals surface area contributed by atoms with Crippen molar-refractivity contribution < 1.29 is 4.74 Å². The first-order valence-electron chi connectivity index (χ1n) is 7.35. The molecule has 2 aromatic carbocycles. The van der Waals surface area contributed by atoms with Crippen LogP contribution in [0.2, 0.25) is 10.0 Å². The first-order valence-corrected chi connectivity index (χ1v) is 8.52. The number of aromatic nitrogens is 3. The van der Waals surface area contributed by atoms with E-state index in [-0.39, 0.29) is 6.61 Å². The molecule has 0 spiro atoms. The van der Waals surface area contributed by atoms with Gasteiger partial charge in [0.1, 0.15) is 11.8 Å². The van der Waals surface area contributed by atoms with Gasteiger partial charge in [0.15, 0.2) is 12.4 Å². The normalized spacial score (nSPS) is 10.8. The summed E-state index contributed by atoms with van der Waals surface area (Å²) in [5.74, 6) is 1.06. The van der Waals surface area contributed by atoms with Gasteiger partial charge in [-0.05, 0) is 60.2 Å². The number of nitrogens with zero attached hydrogens (tertiary/aromatic N) is 4. The summed E-state index contributed by atoms with van der Waals surface area (Å²) in [6.45, 7) is 0.00136. The molecule has 0 amide bonds. The first kappa shape index (κ1) is 18.1. The van der Waals surface area contributed by atoms with E-state index in [4.69, 9.17) is 45.4 Å². The molecule has 130 valence electrons. The highest BCUT2D eigenvalue weighted by molar-refractivity contribution is 7.71. The molecule has 0 atom stereocenters. The molecule has 0 fully saturated rings. The van der Waals surface area contributed by atoms with Gasteiger partial charge in [-0.15, -0.1) is 0 Å². The zero-order valence-corrected chi connectivity index (χ0v) is 15.5. The summed E-state index contributed by atoms with van der Waals surface area (Å²) in [5, 5.41) is 20.8. The molecule has 1 aromatic heterocycles. The summed E-state index contributed by atoms with van der Waals surface area (Å²) >= 11 is 17.5. The van der Waals surface area contributed by atoms with Crippen LogP contribution >= 0.6 is 35.4 Å². The van der Waals surface area contributed by atoms with Gasteiger partial charge in [-0.2, -0.15) is 20.1 Å². The molecule has 0 aliphatic carbocycles. The summed E-state index contributed by atoms with van der Waals surface area (Å²) in [7, 11) is 0. The predicted octanol–water partition coefficient (Wildman–Crippen LogP) is 4.70. The van der Waals surface area contributed by atoms with E-state index in [2.05, 4.69) is 15.3 Å². The molecule has 1 N–H and O–H groups in total. The standard InChI is InChI=1S/C17H11Cl2N5OS/c18-12-3-6-15(19)14(9-12)16-22-23-17(26)24(16)21-10-11-1-4-13(5-2-11)25-8-7-20/h1-6,9-10H,8H2,(H,23,26)/b21-10-. The van der Waals surface area contributed by atoms with Crippen molar-refractivity contribution in [3.8, 4) is 23.2 Å². The highest BCUT2D eigenvalue weighted by Crippen LogP contribution is 2.29. The molecule has 0 unspecified atom stereocenters. The molecule has 3 rings (SSSR count). The zero-order chi connectivity index (χ0) is 18.5. The minimum Gasteiger partial charge on any atom is -0.479 e. The Morgan fingerprint density at radius 3 is 2.77 bits per heavy atom. The topological polar surface area (TPSA) is 79.0 Å².